The molecule has 2 aliphatic rings. The van der Waals surface area contributed by atoms with Gasteiger partial charge in [-0.2, -0.15) is 0 Å². The minimum atomic E-state index is -3.85. The van der Waals surface area contributed by atoms with E-state index in [0.29, 0.717) is 5.92 Å². The molecule has 0 N–H and O–H groups in total. The average molecular weight is 416 g/mol. The predicted molar refractivity (Wildman–Crippen MR) is 106 cm³/mol. The molecule has 0 spiro atoms. The zero-order valence-corrected chi connectivity index (χ0v) is 18.1. The van der Waals surface area contributed by atoms with E-state index in [9.17, 15) is 16.8 Å². The number of aryl methyl sites for hydroxylation is 2. The molecule has 2 heterocycles. The Kier molecular flexibility index (Phi) is 5.62. The Hall–Kier alpha value is -1.12. The van der Waals surface area contributed by atoms with Crippen molar-refractivity contribution in [3.05, 3.63) is 23.3 Å². The van der Waals surface area contributed by atoms with Crippen molar-refractivity contribution in [1.29, 1.82) is 0 Å². The second kappa shape index (κ2) is 7.37. The Labute approximate surface area is 162 Å². The number of piperidine rings is 1. The Morgan fingerprint density at radius 1 is 1.07 bits per heavy atom. The van der Waals surface area contributed by atoms with E-state index < -0.39 is 31.0 Å². The summed E-state index contributed by atoms with van der Waals surface area (Å²) in [5.74, 6) is 0.475. The van der Waals surface area contributed by atoms with E-state index in [-0.39, 0.29) is 22.2 Å². The van der Waals surface area contributed by atoms with Crippen LogP contribution in [0.1, 0.15) is 30.9 Å². The van der Waals surface area contributed by atoms with Crippen LogP contribution < -0.4 is 4.74 Å². The Morgan fingerprint density at radius 2 is 1.67 bits per heavy atom. The summed E-state index contributed by atoms with van der Waals surface area (Å²) in [5, 5.41) is -0.952. The van der Waals surface area contributed by atoms with Crippen molar-refractivity contribution in [2.24, 2.45) is 5.92 Å². The number of ether oxygens (including phenoxy) is 1. The maximum absolute atomic E-state index is 13.5. The highest BCUT2D eigenvalue weighted by Gasteiger charge is 2.49. The van der Waals surface area contributed by atoms with Crippen LogP contribution in [0.4, 0.5) is 0 Å². The van der Waals surface area contributed by atoms with Gasteiger partial charge in [0.2, 0.25) is 0 Å². The highest BCUT2D eigenvalue weighted by atomic mass is 32.2. The van der Waals surface area contributed by atoms with E-state index in [0.717, 1.165) is 37.1 Å². The highest BCUT2D eigenvalue weighted by molar-refractivity contribution is 7.96. The summed E-state index contributed by atoms with van der Waals surface area (Å²) >= 11 is 0. The third-order valence-electron chi connectivity index (χ3n) is 6.04. The van der Waals surface area contributed by atoms with Gasteiger partial charge in [-0.15, -0.1) is 0 Å². The monoisotopic (exact) mass is 415 g/mol. The predicted octanol–water partition coefficient (Wildman–Crippen LogP) is 1.98. The van der Waals surface area contributed by atoms with Gasteiger partial charge in [-0.3, -0.25) is 4.90 Å². The lowest BCUT2D eigenvalue weighted by atomic mass is 9.98. The molecule has 27 heavy (non-hydrogen) atoms. The topological polar surface area (TPSA) is 80.8 Å². The summed E-state index contributed by atoms with van der Waals surface area (Å²) in [6.07, 6.45) is 1.94. The van der Waals surface area contributed by atoms with Gasteiger partial charge in [-0.1, -0.05) is 6.92 Å². The first-order valence-electron chi connectivity index (χ1n) is 9.39. The number of benzene rings is 1. The molecule has 0 aliphatic carbocycles. The van der Waals surface area contributed by atoms with E-state index in [1.807, 2.05) is 13.8 Å². The zero-order valence-electron chi connectivity index (χ0n) is 16.4. The number of methoxy groups -OCH3 is 1. The highest BCUT2D eigenvalue weighted by Crippen LogP contribution is 2.36. The number of likely N-dealkylation sites (tertiary alicyclic amines) is 1. The van der Waals surface area contributed by atoms with Gasteiger partial charge in [0, 0.05) is 6.04 Å². The van der Waals surface area contributed by atoms with Crippen molar-refractivity contribution in [2.75, 3.05) is 31.7 Å². The van der Waals surface area contributed by atoms with Gasteiger partial charge in [0.15, 0.2) is 19.7 Å². The Bertz CT molecular complexity index is 916. The molecule has 152 valence electrons. The van der Waals surface area contributed by atoms with Crippen molar-refractivity contribution < 1.29 is 21.6 Å². The molecular formula is C19H29NO5S2. The second-order valence-corrected chi connectivity index (χ2v) is 12.3. The van der Waals surface area contributed by atoms with Gasteiger partial charge in [0.25, 0.3) is 0 Å². The van der Waals surface area contributed by atoms with Gasteiger partial charge in [-0.05, 0) is 69.0 Å². The standard InChI is InChI=1S/C19H29NO5S2/c1-13-5-7-20(8-6-13)16-11-26(21,22)12-19(16)27(23,24)18-10-15(3)14(2)9-17(18)25-4/h9-10,13,16,19H,5-8,11-12H2,1-4H3/t16-,19-/m0/s1. The number of hydrogen-bond acceptors (Lipinski definition) is 6. The average Bonchev–Trinajstić information content (AvgIpc) is 2.94. The van der Waals surface area contributed by atoms with Crippen LogP contribution in [0.15, 0.2) is 17.0 Å². The third-order valence-corrected chi connectivity index (χ3v) is 10.2. The molecule has 2 atom stereocenters. The van der Waals surface area contributed by atoms with Gasteiger partial charge < -0.3 is 4.74 Å². The van der Waals surface area contributed by atoms with Crippen LogP contribution in [-0.4, -0.2) is 64.7 Å². The minimum Gasteiger partial charge on any atom is -0.495 e. The SMILES string of the molecule is COc1cc(C)c(C)cc1S(=O)(=O)[C@H]1CS(=O)(=O)C[C@@H]1N1CCC(C)CC1. The molecule has 1 aromatic rings. The fourth-order valence-electron chi connectivity index (χ4n) is 4.10. The van der Waals surface area contributed by atoms with Crippen molar-refractivity contribution in [1.82, 2.24) is 4.90 Å². The molecule has 0 bridgehead atoms. The van der Waals surface area contributed by atoms with E-state index >= 15 is 0 Å². The van der Waals surface area contributed by atoms with Crippen LogP contribution in [0.5, 0.6) is 5.75 Å². The van der Waals surface area contributed by atoms with Crippen LogP contribution >= 0.6 is 0 Å². The van der Waals surface area contributed by atoms with Crippen molar-refractivity contribution >= 4 is 19.7 Å². The lowest BCUT2D eigenvalue weighted by Gasteiger charge is -2.36. The number of rotatable bonds is 4. The molecule has 0 saturated carbocycles. The molecular weight excluding hydrogens is 386 g/mol. The van der Waals surface area contributed by atoms with Gasteiger partial charge in [0.1, 0.15) is 10.6 Å². The smallest absolute Gasteiger partial charge is 0.187 e. The van der Waals surface area contributed by atoms with E-state index in [4.69, 9.17) is 4.74 Å². The summed E-state index contributed by atoms with van der Waals surface area (Å²) in [4.78, 5) is 2.17. The first-order valence-corrected chi connectivity index (χ1v) is 12.8. The van der Waals surface area contributed by atoms with Gasteiger partial charge in [-0.25, -0.2) is 16.8 Å². The zero-order chi connectivity index (χ0) is 20.0. The van der Waals surface area contributed by atoms with Gasteiger partial charge in [0.05, 0.1) is 23.9 Å². The fourth-order valence-corrected chi connectivity index (χ4v) is 9.16. The van der Waals surface area contributed by atoms with Gasteiger partial charge >= 0.3 is 0 Å². The quantitative estimate of drug-likeness (QED) is 0.748. The Balaban J connectivity index is 2.02. The minimum absolute atomic E-state index is 0.0849. The van der Waals surface area contributed by atoms with Crippen LogP contribution in [0.3, 0.4) is 0 Å². The molecule has 8 heteroatoms. The first-order chi connectivity index (χ1) is 12.5. The summed E-state index contributed by atoms with van der Waals surface area (Å²) in [5.41, 5.74) is 1.78. The molecule has 1 aromatic carbocycles. The van der Waals surface area contributed by atoms with Crippen molar-refractivity contribution in [2.45, 2.75) is 49.8 Å². The molecule has 2 saturated heterocycles. The molecule has 3 rings (SSSR count). The van der Waals surface area contributed by atoms with Crippen LogP contribution in [0.2, 0.25) is 0 Å². The lowest BCUT2D eigenvalue weighted by molar-refractivity contribution is 0.151. The summed E-state index contributed by atoms with van der Waals surface area (Å²) < 4.78 is 57.1. The molecule has 6 nitrogen and oxygen atoms in total. The van der Waals surface area contributed by atoms with E-state index in [2.05, 4.69) is 11.8 Å². The summed E-state index contributed by atoms with van der Waals surface area (Å²) in [6, 6.07) is 2.84. The second-order valence-electron chi connectivity index (χ2n) is 8.03. The largest absolute Gasteiger partial charge is 0.495 e. The van der Waals surface area contributed by atoms with Crippen LogP contribution in [0, 0.1) is 19.8 Å². The summed E-state index contributed by atoms with van der Waals surface area (Å²) in [6.45, 7) is 7.42. The van der Waals surface area contributed by atoms with Crippen LogP contribution in [0.25, 0.3) is 0 Å². The van der Waals surface area contributed by atoms with Crippen molar-refractivity contribution in [3.63, 3.8) is 0 Å². The molecule has 0 unspecified atom stereocenters. The van der Waals surface area contributed by atoms with Crippen molar-refractivity contribution in [3.8, 4) is 5.75 Å². The first kappa shape index (κ1) is 20.6. The normalized spacial score (nSPS) is 27.0. The lowest BCUT2D eigenvalue weighted by Crippen LogP contribution is -2.49. The maximum atomic E-state index is 13.5. The fraction of sp³-hybridized carbons (Fsp3) is 0.684. The van der Waals surface area contributed by atoms with E-state index in [1.165, 1.54) is 7.11 Å². The maximum Gasteiger partial charge on any atom is 0.187 e. The number of sulfone groups is 2. The number of nitrogens with zero attached hydrogens (tertiary/aromatic N) is 1. The number of hydrogen-bond donors (Lipinski definition) is 0. The molecule has 0 aromatic heterocycles. The van der Waals surface area contributed by atoms with Crippen LogP contribution in [-0.2, 0) is 19.7 Å². The Morgan fingerprint density at radius 3 is 2.26 bits per heavy atom. The third kappa shape index (κ3) is 4.03. The molecule has 0 radical (unpaired) electrons. The van der Waals surface area contributed by atoms with E-state index in [1.54, 1.807) is 12.1 Å². The molecule has 0 amide bonds. The molecule has 2 fully saturated rings. The summed E-state index contributed by atoms with van der Waals surface area (Å²) in [7, 11) is -5.81. The molecule has 2 aliphatic heterocycles.